The predicted molar refractivity (Wildman–Crippen MR) is 54.7 cm³/mol. The summed E-state index contributed by atoms with van der Waals surface area (Å²) in [6.07, 6.45) is 2.62. The van der Waals surface area contributed by atoms with Gasteiger partial charge in [-0.25, -0.2) is 8.78 Å². The molecule has 0 amide bonds. The summed E-state index contributed by atoms with van der Waals surface area (Å²) in [7, 11) is 0. The highest BCUT2D eigenvalue weighted by Gasteiger charge is 2.34. The highest BCUT2D eigenvalue weighted by atomic mass is 19.3. The van der Waals surface area contributed by atoms with E-state index in [0.29, 0.717) is 24.8 Å². The van der Waals surface area contributed by atoms with Crippen molar-refractivity contribution >= 4 is 0 Å². The summed E-state index contributed by atoms with van der Waals surface area (Å²) in [4.78, 5) is 0. The van der Waals surface area contributed by atoms with Crippen LogP contribution in [0.2, 0.25) is 0 Å². The topological polar surface area (TPSA) is 12.0 Å². The first-order valence-corrected chi connectivity index (χ1v) is 5.64. The lowest BCUT2D eigenvalue weighted by atomic mass is 9.86. The lowest BCUT2D eigenvalue weighted by Crippen LogP contribution is -2.34. The first-order valence-electron chi connectivity index (χ1n) is 5.64. The normalized spacial score (nSPS) is 24.9. The number of rotatable bonds is 4. The molecule has 0 aromatic carbocycles. The summed E-state index contributed by atoms with van der Waals surface area (Å²) in [5.41, 5.74) is 0. The molecule has 1 aliphatic carbocycles. The van der Waals surface area contributed by atoms with Gasteiger partial charge in [-0.15, -0.1) is 0 Å². The van der Waals surface area contributed by atoms with Crippen LogP contribution in [0, 0.1) is 5.92 Å². The number of halogens is 2. The Morgan fingerprint density at radius 3 is 2.43 bits per heavy atom. The second-order valence-electron chi connectivity index (χ2n) is 4.52. The van der Waals surface area contributed by atoms with E-state index in [1.165, 1.54) is 0 Å². The van der Waals surface area contributed by atoms with Crippen molar-refractivity contribution in [2.45, 2.75) is 57.9 Å². The van der Waals surface area contributed by atoms with E-state index in [0.717, 1.165) is 13.0 Å². The van der Waals surface area contributed by atoms with Crippen molar-refractivity contribution in [3.8, 4) is 0 Å². The quantitative estimate of drug-likeness (QED) is 0.743. The molecule has 0 aromatic heterocycles. The minimum atomic E-state index is -2.38. The van der Waals surface area contributed by atoms with Crippen molar-refractivity contribution in [3.63, 3.8) is 0 Å². The van der Waals surface area contributed by atoms with E-state index in [2.05, 4.69) is 19.2 Å². The fourth-order valence-electron chi connectivity index (χ4n) is 1.82. The molecule has 1 rings (SSSR count). The molecule has 14 heavy (non-hydrogen) atoms. The minimum absolute atomic E-state index is 0.0832. The zero-order chi connectivity index (χ0) is 10.6. The van der Waals surface area contributed by atoms with E-state index in [1.54, 1.807) is 0 Å². The molecule has 1 saturated carbocycles. The third-order valence-electron chi connectivity index (χ3n) is 3.20. The van der Waals surface area contributed by atoms with Crippen LogP contribution in [0.1, 0.15) is 46.0 Å². The molecule has 0 aliphatic heterocycles. The summed E-state index contributed by atoms with van der Waals surface area (Å²) >= 11 is 0. The molecule has 84 valence electrons. The maximum Gasteiger partial charge on any atom is 0.248 e. The van der Waals surface area contributed by atoms with Crippen molar-refractivity contribution in [2.24, 2.45) is 5.92 Å². The molecule has 1 unspecified atom stereocenters. The second-order valence-corrected chi connectivity index (χ2v) is 4.52. The van der Waals surface area contributed by atoms with Crippen LogP contribution in [0.15, 0.2) is 0 Å². The molecule has 0 bridgehead atoms. The lowest BCUT2D eigenvalue weighted by Gasteiger charge is -2.29. The summed E-state index contributed by atoms with van der Waals surface area (Å²) < 4.78 is 25.6. The summed E-state index contributed by atoms with van der Waals surface area (Å²) in [5, 5.41) is 3.38. The molecule has 0 radical (unpaired) electrons. The molecule has 1 N–H and O–H groups in total. The number of hydrogen-bond donors (Lipinski definition) is 1. The van der Waals surface area contributed by atoms with E-state index in [9.17, 15) is 8.78 Å². The van der Waals surface area contributed by atoms with Gasteiger partial charge in [0.15, 0.2) is 0 Å². The van der Waals surface area contributed by atoms with Crippen molar-refractivity contribution in [1.82, 2.24) is 5.32 Å². The molecule has 1 aliphatic rings. The SMILES string of the molecule is CCC(C)NCC1CCC(F)(F)CC1. The number of alkyl halides is 2. The van der Waals surface area contributed by atoms with Crippen molar-refractivity contribution in [1.29, 1.82) is 0 Å². The van der Waals surface area contributed by atoms with Crippen LogP contribution >= 0.6 is 0 Å². The van der Waals surface area contributed by atoms with Gasteiger partial charge in [-0.05, 0) is 38.6 Å². The van der Waals surface area contributed by atoms with Gasteiger partial charge >= 0.3 is 0 Å². The molecule has 1 atom stereocenters. The highest BCUT2D eigenvalue weighted by Crippen LogP contribution is 2.35. The Hall–Kier alpha value is -0.180. The van der Waals surface area contributed by atoms with E-state index in [4.69, 9.17) is 0 Å². The fourth-order valence-corrected chi connectivity index (χ4v) is 1.82. The molecule has 0 saturated heterocycles. The average molecular weight is 205 g/mol. The molecule has 0 aromatic rings. The van der Waals surface area contributed by atoms with Crippen LogP contribution in [0.3, 0.4) is 0 Å². The first kappa shape index (κ1) is 11.9. The molecule has 3 heteroatoms. The number of nitrogens with one attached hydrogen (secondary N) is 1. The minimum Gasteiger partial charge on any atom is -0.314 e. The van der Waals surface area contributed by atoms with Gasteiger partial charge < -0.3 is 5.32 Å². The van der Waals surface area contributed by atoms with Gasteiger partial charge in [-0.2, -0.15) is 0 Å². The highest BCUT2D eigenvalue weighted by molar-refractivity contribution is 4.79. The zero-order valence-corrected chi connectivity index (χ0v) is 9.15. The second kappa shape index (κ2) is 5.06. The van der Waals surface area contributed by atoms with Gasteiger partial charge in [-0.3, -0.25) is 0 Å². The fraction of sp³-hybridized carbons (Fsp3) is 1.00. The summed E-state index contributed by atoms with van der Waals surface area (Å²) in [6, 6.07) is 0.512. The first-order chi connectivity index (χ1) is 6.53. The molecular weight excluding hydrogens is 184 g/mol. The molecule has 1 fully saturated rings. The van der Waals surface area contributed by atoms with E-state index in [1.807, 2.05) is 0 Å². The van der Waals surface area contributed by atoms with E-state index in [-0.39, 0.29) is 12.8 Å². The average Bonchev–Trinajstić information content (AvgIpc) is 2.16. The van der Waals surface area contributed by atoms with Gasteiger partial charge in [0.05, 0.1) is 0 Å². The smallest absolute Gasteiger partial charge is 0.248 e. The standard InChI is InChI=1S/C11H21F2N/c1-3-9(2)14-8-10-4-6-11(12,13)7-5-10/h9-10,14H,3-8H2,1-2H3. The van der Waals surface area contributed by atoms with E-state index < -0.39 is 5.92 Å². The Balaban J connectivity index is 2.16. The third-order valence-corrected chi connectivity index (χ3v) is 3.20. The van der Waals surface area contributed by atoms with E-state index >= 15 is 0 Å². The zero-order valence-electron chi connectivity index (χ0n) is 9.15. The van der Waals surface area contributed by atoms with Crippen LogP contribution < -0.4 is 5.32 Å². The van der Waals surface area contributed by atoms with Gasteiger partial charge in [0, 0.05) is 18.9 Å². The van der Waals surface area contributed by atoms with Crippen LogP contribution in [0.5, 0.6) is 0 Å². The van der Waals surface area contributed by atoms with Gasteiger partial charge in [0.1, 0.15) is 0 Å². The third kappa shape index (κ3) is 3.91. The van der Waals surface area contributed by atoms with Crippen LogP contribution in [-0.4, -0.2) is 18.5 Å². The Morgan fingerprint density at radius 2 is 1.93 bits per heavy atom. The molecule has 0 spiro atoms. The maximum absolute atomic E-state index is 12.8. The molecule has 0 heterocycles. The van der Waals surface area contributed by atoms with Crippen LogP contribution in [-0.2, 0) is 0 Å². The molecule has 1 nitrogen and oxygen atoms in total. The Morgan fingerprint density at radius 1 is 1.36 bits per heavy atom. The van der Waals surface area contributed by atoms with Crippen LogP contribution in [0.25, 0.3) is 0 Å². The Bertz CT molecular complexity index is 161. The van der Waals surface area contributed by atoms with Crippen molar-refractivity contribution in [3.05, 3.63) is 0 Å². The van der Waals surface area contributed by atoms with Gasteiger partial charge in [-0.1, -0.05) is 6.92 Å². The maximum atomic E-state index is 12.8. The van der Waals surface area contributed by atoms with Gasteiger partial charge in [0.2, 0.25) is 5.92 Å². The monoisotopic (exact) mass is 205 g/mol. The predicted octanol–water partition coefficient (Wildman–Crippen LogP) is 3.20. The Labute approximate surface area is 85.3 Å². The lowest BCUT2D eigenvalue weighted by molar-refractivity contribution is -0.0456. The van der Waals surface area contributed by atoms with Gasteiger partial charge in [0.25, 0.3) is 0 Å². The molecular formula is C11H21F2N. The van der Waals surface area contributed by atoms with Crippen LogP contribution in [0.4, 0.5) is 8.78 Å². The largest absolute Gasteiger partial charge is 0.314 e. The Kier molecular flexibility index (Phi) is 4.30. The van der Waals surface area contributed by atoms with Crippen molar-refractivity contribution in [2.75, 3.05) is 6.54 Å². The summed E-state index contributed by atoms with van der Waals surface area (Å²) in [6.45, 7) is 5.18. The summed E-state index contributed by atoms with van der Waals surface area (Å²) in [5.74, 6) is -1.92. The van der Waals surface area contributed by atoms with Crippen molar-refractivity contribution < 1.29 is 8.78 Å². The number of hydrogen-bond acceptors (Lipinski definition) is 1.